The number of nitrogens with two attached hydrogens (primary N) is 1. The van der Waals surface area contributed by atoms with Gasteiger partial charge in [0.15, 0.2) is 6.29 Å². The summed E-state index contributed by atoms with van der Waals surface area (Å²) < 4.78 is 4.84. The first-order chi connectivity index (χ1) is 5.24. The number of rotatable bonds is 2. The highest BCUT2D eigenvalue weighted by Crippen LogP contribution is 2.25. The van der Waals surface area contributed by atoms with E-state index in [-0.39, 0.29) is 0 Å². The summed E-state index contributed by atoms with van der Waals surface area (Å²) in [6.07, 6.45) is 3.45. The van der Waals surface area contributed by atoms with Crippen LogP contribution in [-0.2, 0) is 4.74 Å². The maximum Gasteiger partial charge on any atom is 0.156 e. The summed E-state index contributed by atoms with van der Waals surface area (Å²) in [7, 11) is 1.54. The lowest BCUT2D eigenvalue weighted by Gasteiger charge is -2.28. The molecule has 3 heteroatoms. The molecule has 0 bridgehead atoms. The highest BCUT2D eigenvalue weighted by Gasteiger charge is 2.24. The van der Waals surface area contributed by atoms with Crippen molar-refractivity contribution in [2.45, 2.75) is 38.0 Å². The average Bonchev–Trinajstić information content (AvgIpc) is 2.05. The Bertz CT molecular complexity index is 111. The highest BCUT2D eigenvalue weighted by atomic mass is 16.6. The lowest BCUT2D eigenvalue weighted by atomic mass is 9.86. The monoisotopic (exact) mass is 159 g/mol. The Hall–Kier alpha value is -0.120. The predicted molar refractivity (Wildman–Crippen MR) is 42.9 cm³/mol. The fraction of sp³-hybridized carbons (Fsp3) is 1.00. The Labute approximate surface area is 67.5 Å². The zero-order valence-electron chi connectivity index (χ0n) is 6.99. The largest absolute Gasteiger partial charge is 0.368 e. The van der Waals surface area contributed by atoms with Crippen LogP contribution >= 0.6 is 0 Å². The van der Waals surface area contributed by atoms with E-state index in [0.29, 0.717) is 12.0 Å². The summed E-state index contributed by atoms with van der Waals surface area (Å²) >= 11 is 0. The SMILES string of the molecule is COC(O)C1CCC(N)CC1. The van der Waals surface area contributed by atoms with Crippen LogP contribution in [-0.4, -0.2) is 24.5 Å². The average molecular weight is 159 g/mol. The van der Waals surface area contributed by atoms with Crippen LogP contribution in [0.1, 0.15) is 25.7 Å². The van der Waals surface area contributed by atoms with E-state index in [9.17, 15) is 5.11 Å². The number of hydrogen-bond acceptors (Lipinski definition) is 3. The molecule has 0 amide bonds. The van der Waals surface area contributed by atoms with Crippen molar-refractivity contribution >= 4 is 0 Å². The highest BCUT2D eigenvalue weighted by molar-refractivity contribution is 4.75. The van der Waals surface area contributed by atoms with E-state index in [0.717, 1.165) is 25.7 Å². The fourth-order valence-corrected chi connectivity index (χ4v) is 1.62. The van der Waals surface area contributed by atoms with Gasteiger partial charge < -0.3 is 15.6 Å². The van der Waals surface area contributed by atoms with Gasteiger partial charge in [0.25, 0.3) is 0 Å². The van der Waals surface area contributed by atoms with E-state index < -0.39 is 6.29 Å². The van der Waals surface area contributed by atoms with Gasteiger partial charge in [-0.25, -0.2) is 0 Å². The second kappa shape index (κ2) is 4.04. The molecule has 0 aromatic heterocycles. The third kappa shape index (κ3) is 2.43. The summed E-state index contributed by atoms with van der Waals surface area (Å²) in [4.78, 5) is 0. The van der Waals surface area contributed by atoms with Crippen LogP contribution in [0.3, 0.4) is 0 Å². The molecule has 1 aliphatic rings. The molecule has 1 saturated carbocycles. The molecule has 0 aromatic carbocycles. The molecule has 0 saturated heterocycles. The maximum absolute atomic E-state index is 9.31. The van der Waals surface area contributed by atoms with Crippen molar-refractivity contribution in [1.82, 2.24) is 0 Å². The third-order valence-electron chi connectivity index (χ3n) is 2.46. The van der Waals surface area contributed by atoms with Crippen molar-refractivity contribution in [1.29, 1.82) is 0 Å². The molecule has 1 unspecified atom stereocenters. The molecular formula is C8H17NO2. The molecule has 1 atom stereocenters. The van der Waals surface area contributed by atoms with E-state index in [2.05, 4.69) is 0 Å². The molecule has 1 rings (SSSR count). The van der Waals surface area contributed by atoms with Gasteiger partial charge in [-0.2, -0.15) is 0 Å². The van der Waals surface area contributed by atoms with Crippen molar-refractivity contribution in [2.75, 3.05) is 7.11 Å². The molecule has 1 fully saturated rings. The van der Waals surface area contributed by atoms with Crippen molar-refractivity contribution in [2.24, 2.45) is 11.7 Å². The molecule has 1 aliphatic carbocycles. The van der Waals surface area contributed by atoms with Gasteiger partial charge in [-0.3, -0.25) is 0 Å². The fourth-order valence-electron chi connectivity index (χ4n) is 1.62. The summed E-state index contributed by atoms with van der Waals surface area (Å²) in [5.74, 6) is 0.305. The smallest absolute Gasteiger partial charge is 0.156 e. The van der Waals surface area contributed by atoms with E-state index in [1.807, 2.05) is 0 Å². The van der Waals surface area contributed by atoms with Crippen LogP contribution in [0.15, 0.2) is 0 Å². The lowest BCUT2D eigenvalue weighted by Crippen LogP contribution is -2.32. The first kappa shape index (κ1) is 8.97. The van der Waals surface area contributed by atoms with Gasteiger partial charge in [0, 0.05) is 19.1 Å². The van der Waals surface area contributed by atoms with Crippen molar-refractivity contribution < 1.29 is 9.84 Å². The van der Waals surface area contributed by atoms with Crippen LogP contribution in [0.25, 0.3) is 0 Å². The maximum atomic E-state index is 9.31. The molecule has 0 heterocycles. The first-order valence-electron chi connectivity index (χ1n) is 4.20. The predicted octanol–water partition coefficient (Wildman–Crippen LogP) is 0.469. The molecular weight excluding hydrogens is 142 g/mol. The number of hydrogen-bond donors (Lipinski definition) is 2. The van der Waals surface area contributed by atoms with Crippen LogP contribution in [0, 0.1) is 5.92 Å². The Balaban J connectivity index is 2.27. The number of methoxy groups -OCH3 is 1. The second-order valence-electron chi connectivity index (χ2n) is 3.30. The Kier molecular flexibility index (Phi) is 3.30. The molecule has 11 heavy (non-hydrogen) atoms. The van der Waals surface area contributed by atoms with Crippen molar-refractivity contribution in [3.63, 3.8) is 0 Å². The van der Waals surface area contributed by atoms with Gasteiger partial charge in [0.1, 0.15) is 0 Å². The van der Waals surface area contributed by atoms with Gasteiger partial charge in [0.05, 0.1) is 0 Å². The summed E-state index contributed by atoms with van der Waals surface area (Å²) in [6, 6.07) is 0.343. The molecule has 0 spiro atoms. The van der Waals surface area contributed by atoms with Crippen molar-refractivity contribution in [3.8, 4) is 0 Å². The van der Waals surface area contributed by atoms with Gasteiger partial charge in [-0.1, -0.05) is 0 Å². The number of ether oxygens (including phenoxy) is 1. The Morgan fingerprint density at radius 3 is 2.36 bits per heavy atom. The minimum atomic E-state index is -0.581. The van der Waals surface area contributed by atoms with Crippen LogP contribution < -0.4 is 5.73 Å². The van der Waals surface area contributed by atoms with E-state index in [4.69, 9.17) is 10.5 Å². The molecule has 0 aliphatic heterocycles. The molecule has 3 nitrogen and oxygen atoms in total. The zero-order valence-corrected chi connectivity index (χ0v) is 6.99. The van der Waals surface area contributed by atoms with Gasteiger partial charge in [0.2, 0.25) is 0 Å². The van der Waals surface area contributed by atoms with E-state index in [1.54, 1.807) is 7.11 Å². The molecule has 66 valence electrons. The van der Waals surface area contributed by atoms with Gasteiger partial charge in [-0.05, 0) is 25.7 Å². The molecule has 0 radical (unpaired) electrons. The van der Waals surface area contributed by atoms with E-state index >= 15 is 0 Å². The number of aliphatic hydroxyl groups excluding tert-OH is 1. The van der Waals surface area contributed by atoms with Crippen LogP contribution in [0.2, 0.25) is 0 Å². The topological polar surface area (TPSA) is 55.5 Å². The van der Waals surface area contributed by atoms with Crippen molar-refractivity contribution in [3.05, 3.63) is 0 Å². The minimum absolute atomic E-state index is 0.305. The third-order valence-corrected chi connectivity index (χ3v) is 2.46. The normalized spacial score (nSPS) is 35.2. The van der Waals surface area contributed by atoms with Gasteiger partial charge in [-0.15, -0.1) is 0 Å². The first-order valence-corrected chi connectivity index (χ1v) is 4.20. The summed E-state index contributed by atoms with van der Waals surface area (Å²) in [5.41, 5.74) is 5.72. The van der Waals surface area contributed by atoms with Crippen LogP contribution in [0.5, 0.6) is 0 Å². The van der Waals surface area contributed by atoms with E-state index in [1.165, 1.54) is 0 Å². The Morgan fingerprint density at radius 2 is 1.91 bits per heavy atom. The quantitative estimate of drug-likeness (QED) is 0.576. The Morgan fingerprint density at radius 1 is 1.36 bits per heavy atom. The lowest BCUT2D eigenvalue weighted by molar-refractivity contribution is -0.120. The molecule has 0 aromatic rings. The summed E-state index contributed by atoms with van der Waals surface area (Å²) in [6.45, 7) is 0. The second-order valence-corrected chi connectivity index (χ2v) is 3.30. The standard InChI is InChI=1S/C8H17NO2/c1-11-8(10)6-2-4-7(9)5-3-6/h6-8,10H,2-5,9H2,1H3. The number of aliphatic hydroxyl groups is 1. The zero-order chi connectivity index (χ0) is 8.27. The van der Waals surface area contributed by atoms with Gasteiger partial charge >= 0.3 is 0 Å². The molecule has 3 N–H and O–H groups in total. The van der Waals surface area contributed by atoms with Crippen LogP contribution in [0.4, 0.5) is 0 Å². The summed E-state index contributed by atoms with van der Waals surface area (Å²) in [5, 5.41) is 9.31. The minimum Gasteiger partial charge on any atom is -0.368 e.